The van der Waals surface area contributed by atoms with Crippen molar-refractivity contribution >= 4 is 0 Å². The van der Waals surface area contributed by atoms with E-state index < -0.39 is 41.8 Å². The highest BCUT2D eigenvalue weighted by atomic mass is 19.4. The van der Waals surface area contributed by atoms with Crippen LogP contribution in [-0.2, 0) is 18.4 Å². The number of alkyl halides is 6. The van der Waals surface area contributed by atoms with Gasteiger partial charge >= 0.3 is 12.4 Å². The van der Waals surface area contributed by atoms with Crippen LogP contribution in [0.3, 0.4) is 0 Å². The zero-order valence-electron chi connectivity index (χ0n) is 16.6. The largest absolute Gasteiger partial charge is 0.421 e. The van der Waals surface area contributed by atoms with Crippen LogP contribution in [0, 0.1) is 5.41 Å². The summed E-state index contributed by atoms with van der Waals surface area (Å²) in [5.74, 6) is -0.274. The van der Waals surface area contributed by atoms with Gasteiger partial charge in [0.15, 0.2) is 5.60 Å². The number of aromatic nitrogens is 4. The van der Waals surface area contributed by atoms with Gasteiger partial charge in [-0.3, -0.25) is 0 Å². The quantitative estimate of drug-likeness (QED) is 0.539. The van der Waals surface area contributed by atoms with E-state index in [1.807, 2.05) is 0 Å². The first-order valence-corrected chi connectivity index (χ1v) is 9.22. The van der Waals surface area contributed by atoms with Crippen molar-refractivity contribution in [1.82, 2.24) is 19.7 Å². The van der Waals surface area contributed by atoms with E-state index >= 15 is 0 Å². The van der Waals surface area contributed by atoms with Crippen LogP contribution in [0.4, 0.5) is 26.3 Å². The molecule has 2 heterocycles. The van der Waals surface area contributed by atoms with E-state index in [0.717, 1.165) is 32.2 Å². The van der Waals surface area contributed by atoms with Crippen molar-refractivity contribution < 1.29 is 31.4 Å². The number of hydrogen-bond acceptors (Lipinski definition) is 3. The molecule has 0 radical (unpaired) electrons. The van der Waals surface area contributed by atoms with Crippen LogP contribution in [0.5, 0.6) is 0 Å². The Labute approximate surface area is 173 Å². The number of nitrogens with zero attached hydrogens (tertiary/aromatic N) is 3. The van der Waals surface area contributed by atoms with Crippen LogP contribution in [0.2, 0.25) is 0 Å². The number of H-pyrrole nitrogens is 1. The molecular formula is C20H20F6N4O. The molecule has 0 amide bonds. The lowest BCUT2D eigenvalue weighted by molar-refractivity contribution is -0.266. The minimum absolute atomic E-state index is 0.0240. The Bertz CT molecular complexity index is 1010. The summed E-state index contributed by atoms with van der Waals surface area (Å²) < 4.78 is 82.2. The van der Waals surface area contributed by atoms with Crippen LogP contribution in [0.15, 0.2) is 48.9 Å². The first-order chi connectivity index (χ1) is 14.2. The summed E-state index contributed by atoms with van der Waals surface area (Å²) >= 11 is 0. The molecular weight excluding hydrogens is 426 g/mol. The smallest absolute Gasteiger partial charge is 0.376 e. The molecule has 3 aromatic rings. The van der Waals surface area contributed by atoms with E-state index in [1.54, 1.807) is 12.3 Å². The minimum atomic E-state index is -5.06. The number of aromatic amines is 1. The summed E-state index contributed by atoms with van der Waals surface area (Å²) in [4.78, 5) is 6.26. The molecule has 2 N–H and O–H groups in total. The van der Waals surface area contributed by atoms with Crippen LogP contribution in [-0.4, -0.2) is 37.2 Å². The van der Waals surface area contributed by atoms with Gasteiger partial charge in [0.2, 0.25) is 0 Å². The summed E-state index contributed by atoms with van der Waals surface area (Å²) in [6, 6.07) is 6.65. The molecule has 0 aliphatic rings. The second-order valence-corrected chi connectivity index (χ2v) is 7.95. The molecule has 0 aliphatic carbocycles. The van der Waals surface area contributed by atoms with Crippen molar-refractivity contribution in [2.75, 3.05) is 0 Å². The molecule has 1 unspecified atom stereocenters. The standard InChI is InChI=1S/C20H20F6N4O/c1-17(2,19(21,22)23)10-14-12-27-16(29-14)11-18(31,20(24,25)26)13-4-6-15(7-5-13)30-9-3-8-28-30/h3-9,12,31H,10-11H2,1-2H3,(H,27,29). The lowest BCUT2D eigenvalue weighted by Gasteiger charge is -2.30. The number of benzene rings is 1. The number of halogens is 6. The maximum Gasteiger partial charge on any atom is 0.421 e. The average molecular weight is 446 g/mol. The summed E-state index contributed by atoms with van der Waals surface area (Å²) in [6.07, 6.45) is -6.86. The molecule has 0 spiro atoms. The Morgan fingerprint density at radius 3 is 2.13 bits per heavy atom. The first kappa shape index (κ1) is 22.9. The molecule has 0 bridgehead atoms. The third kappa shape index (κ3) is 4.60. The molecule has 31 heavy (non-hydrogen) atoms. The van der Waals surface area contributed by atoms with Gasteiger partial charge in [0.05, 0.1) is 11.1 Å². The monoisotopic (exact) mass is 446 g/mol. The topological polar surface area (TPSA) is 66.7 Å². The summed E-state index contributed by atoms with van der Waals surface area (Å²) in [5, 5.41) is 14.6. The van der Waals surface area contributed by atoms with Gasteiger partial charge in [-0.1, -0.05) is 26.0 Å². The highest BCUT2D eigenvalue weighted by molar-refractivity contribution is 5.37. The number of imidazole rings is 1. The fourth-order valence-electron chi connectivity index (χ4n) is 3.08. The van der Waals surface area contributed by atoms with Gasteiger partial charge in [-0.25, -0.2) is 9.67 Å². The van der Waals surface area contributed by atoms with E-state index in [4.69, 9.17) is 0 Å². The second-order valence-electron chi connectivity index (χ2n) is 7.95. The van der Waals surface area contributed by atoms with E-state index in [-0.39, 0.29) is 11.5 Å². The SMILES string of the molecule is CC(C)(Cc1cnc(CC(O)(c2ccc(-n3cccn3)cc2)C(F)(F)F)[nH]1)C(F)(F)F. The number of rotatable bonds is 6. The molecule has 0 aliphatic heterocycles. The van der Waals surface area contributed by atoms with Crippen LogP contribution >= 0.6 is 0 Å². The Morgan fingerprint density at radius 2 is 1.61 bits per heavy atom. The van der Waals surface area contributed by atoms with Crippen molar-refractivity contribution in [3.05, 3.63) is 66.0 Å². The Hall–Kier alpha value is -2.82. The lowest BCUT2D eigenvalue weighted by Crippen LogP contribution is -2.44. The number of nitrogens with one attached hydrogen (secondary N) is 1. The van der Waals surface area contributed by atoms with Crippen molar-refractivity contribution in [3.8, 4) is 5.69 Å². The fourth-order valence-corrected chi connectivity index (χ4v) is 3.08. The molecule has 0 saturated heterocycles. The fraction of sp³-hybridized carbons (Fsp3) is 0.400. The third-order valence-electron chi connectivity index (χ3n) is 5.09. The molecule has 0 fully saturated rings. The predicted molar refractivity (Wildman–Crippen MR) is 99.3 cm³/mol. The van der Waals surface area contributed by atoms with Gasteiger partial charge in [0.1, 0.15) is 5.82 Å². The first-order valence-electron chi connectivity index (χ1n) is 9.22. The van der Waals surface area contributed by atoms with Crippen molar-refractivity contribution in [2.24, 2.45) is 5.41 Å². The predicted octanol–water partition coefficient (Wildman–Crippen LogP) is 4.72. The third-order valence-corrected chi connectivity index (χ3v) is 5.09. The maximum absolute atomic E-state index is 13.8. The Morgan fingerprint density at radius 1 is 0.968 bits per heavy atom. The Balaban J connectivity index is 1.86. The van der Waals surface area contributed by atoms with Crippen LogP contribution < -0.4 is 0 Å². The summed E-state index contributed by atoms with van der Waals surface area (Å²) in [6.45, 7) is 1.97. The van der Waals surface area contributed by atoms with Crippen molar-refractivity contribution in [2.45, 2.75) is 44.6 Å². The molecule has 1 atom stereocenters. The zero-order valence-corrected chi connectivity index (χ0v) is 16.6. The minimum Gasteiger partial charge on any atom is -0.376 e. The van der Waals surface area contributed by atoms with E-state index in [0.29, 0.717) is 5.69 Å². The number of aliphatic hydroxyl groups is 1. The molecule has 0 saturated carbocycles. The maximum atomic E-state index is 13.8. The average Bonchev–Trinajstić information content (AvgIpc) is 3.32. The molecule has 2 aromatic heterocycles. The van der Waals surface area contributed by atoms with Gasteiger partial charge in [-0.15, -0.1) is 0 Å². The van der Waals surface area contributed by atoms with E-state index in [2.05, 4.69) is 15.1 Å². The molecule has 3 rings (SSSR count). The zero-order chi connectivity index (χ0) is 23.1. The van der Waals surface area contributed by atoms with Crippen molar-refractivity contribution in [1.29, 1.82) is 0 Å². The second kappa shape index (κ2) is 7.70. The van der Waals surface area contributed by atoms with Gasteiger partial charge < -0.3 is 10.1 Å². The van der Waals surface area contributed by atoms with Crippen molar-refractivity contribution in [3.63, 3.8) is 0 Å². The van der Waals surface area contributed by atoms with Gasteiger partial charge in [0.25, 0.3) is 0 Å². The van der Waals surface area contributed by atoms with E-state index in [9.17, 15) is 31.4 Å². The summed E-state index contributed by atoms with van der Waals surface area (Å²) in [7, 11) is 0. The lowest BCUT2D eigenvalue weighted by atomic mass is 9.87. The van der Waals surface area contributed by atoms with Crippen LogP contribution in [0.1, 0.15) is 30.9 Å². The van der Waals surface area contributed by atoms with Crippen LogP contribution in [0.25, 0.3) is 5.69 Å². The Kier molecular flexibility index (Phi) is 5.68. The molecule has 1 aromatic carbocycles. The molecule has 168 valence electrons. The number of hydrogen-bond donors (Lipinski definition) is 2. The summed E-state index contributed by atoms with van der Waals surface area (Å²) in [5.41, 5.74) is -5.29. The molecule has 11 heteroatoms. The normalized spacial score (nSPS) is 15.1. The highest BCUT2D eigenvalue weighted by Crippen LogP contribution is 2.42. The molecule has 5 nitrogen and oxygen atoms in total. The van der Waals surface area contributed by atoms with Gasteiger partial charge in [-0.2, -0.15) is 31.4 Å². The highest BCUT2D eigenvalue weighted by Gasteiger charge is 2.55. The van der Waals surface area contributed by atoms with Gasteiger partial charge in [-0.05, 0) is 23.8 Å². The van der Waals surface area contributed by atoms with E-state index in [1.165, 1.54) is 23.0 Å². The van der Waals surface area contributed by atoms with Gasteiger partial charge in [0, 0.05) is 37.1 Å².